The molecule has 1 aliphatic rings. The predicted molar refractivity (Wildman–Crippen MR) is 86.9 cm³/mol. The van der Waals surface area contributed by atoms with Gasteiger partial charge in [0.2, 0.25) is 0 Å². The summed E-state index contributed by atoms with van der Waals surface area (Å²) >= 11 is 0. The maximum absolute atomic E-state index is 12.3. The first-order valence-electron chi connectivity index (χ1n) is 7.60. The highest BCUT2D eigenvalue weighted by Gasteiger charge is 2.31. The molecule has 3 rings (SSSR count). The van der Waals surface area contributed by atoms with E-state index in [4.69, 9.17) is 0 Å². The Morgan fingerprint density at radius 3 is 2.73 bits per heavy atom. The third-order valence-electron chi connectivity index (χ3n) is 4.14. The van der Waals surface area contributed by atoms with Crippen LogP contribution in [0.15, 0.2) is 48.5 Å². The number of nitrogens with one attached hydrogen (secondary N) is 2. The van der Waals surface area contributed by atoms with Crippen molar-refractivity contribution in [1.82, 2.24) is 5.32 Å². The zero-order valence-corrected chi connectivity index (χ0v) is 12.5. The summed E-state index contributed by atoms with van der Waals surface area (Å²) in [7, 11) is 0. The second-order valence-corrected chi connectivity index (χ2v) is 5.56. The number of anilines is 1. The fourth-order valence-electron chi connectivity index (χ4n) is 3.00. The second-order valence-electron chi connectivity index (χ2n) is 5.56. The minimum absolute atomic E-state index is 0.290. The highest BCUT2D eigenvalue weighted by Crippen LogP contribution is 2.31. The topological polar surface area (TPSA) is 61.4 Å². The van der Waals surface area contributed by atoms with Gasteiger partial charge in [0, 0.05) is 12.1 Å². The maximum Gasteiger partial charge on any atom is 0.319 e. The molecule has 1 aliphatic carbocycles. The lowest BCUT2D eigenvalue weighted by atomic mass is 10.1. The molecule has 2 amide bonds. The molecule has 0 saturated heterocycles. The summed E-state index contributed by atoms with van der Waals surface area (Å²) in [5.74, 6) is 0. The van der Waals surface area contributed by atoms with Crippen molar-refractivity contribution in [1.29, 1.82) is 0 Å². The van der Waals surface area contributed by atoms with Crippen molar-refractivity contribution >= 4 is 11.7 Å². The summed E-state index contributed by atoms with van der Waals surface area (Å²) < 4.78 is 0. The molecule has 2 aromatic carbocycles. The molecular formula is C18H20N2O2. The normalized spacial score (nSPS) is 19.5. The Kier molecular flexibility index (Phi) is 4.11. The Balaban J connectivity index is 1.72. The third kappa shape index (κ3) is 2.83. The summed E-state index contributed by atoms with van der Waals surface area (Å²) in [6.07, 6.45) is 0.849. The molecule has 2 atom stereocenters. The number of urea groups is 1. The SMILES string of the molecule is CCc1ccccc1NC(=O)N[C@H]1c2ccccc2C[C@H]1O. The van der Waals surface area contributed by atoms with Crippen LogP contribution in [0.5, 0.6) is 0 Å². The van der Waals surface area contributed by atoms with E-state index in [9.17, 15) is 9.90 Å². The number of fused-ring (bicyclic) bond motifs is 1. The molecule has 3 N–H and O–H groups in total. The summed E-state index contributed by atoms with van der Waals surface area (Å²) in [5.41, 5.74) is 3.98. The van der Waals surface area contributed by atoms with Crippen molar-refractivity contribution in [3.63, 3.8) is 0 Å². The first-order chi connectivity index (χ1) is 10.7. The molecule has 0 saturated carbocycles. The van der Waals surface area contributed by atoms with Crippen LogP contribution in [-0.2, 0) is 12.8 Å². The molecule has 0 fully saturated rings. The minimum Gasteiger partial charge on any atom is -0.390 e. The average molecular weight is 296 g/mol. The van der Waals surface area contributed by atoms with Gasteiger partial charge in [0.25, 0.3) is 0 Å². The summed E-state index contributed by atoms with van der Waals surface area (Å²) in [5, 5.41) is 15.9. The minimum atomic E-state index is -0.579. The van der Waals surface area contributed by atoms with E-state index in [2.05, 4.69) is 17.6 Å². The first kappa shape index (κ1) is 14.6. The maximum atomic E-state index is 12.3. The van der Waals surface area contributed by atoms with Crippen LogP contribution in [0.3, 0.4) is 0 Å². The smallest absolute Gasteiger partial charge is 0.319 e. The number of carbonyl (C=O) groups excluding carboxylic acids is 1. The molecule has 0 spiro atoms. The van der Waals surface area contributed by atoms with Crippen molar-refractivity contribution in [2.75, 3.05) is 5.32 Å². The fourth-order valence-corrected chi connectivity index (χ4v) is 3.00. The number of carbonyl (C=O) groups is 1. The lowest BCUT2D eigenvalue weighted by molar-refractivity contribution is 0.144. The molecule has 114 valence electrons. The summed E-state index contributed by atoms with van der Waals surface area (Å²) in [4.78, 5) is 12.3. The zero-order valence-electron chi connectivity index (χ0n) is 12.5. The van der Waals surface area contributed by atoms with Crippen molar-refractivity contribution < 1.29 is 9.90 Å². The van der Waals surface area contributed by atoms with E-state index in [1.54, 1.807) is 0 Å². The van der Waals surface area contributed by atoms with Crippen LogP contribution in [0.4, 0.5) is 10.5 Å². The van der Waals surface area contributed by atoms with Crippen molar-refractivity contribution in [2.45, 2.75) is 31.9 Å². The largest absolute Gasteiger partial charge is 0.390 e. The van der Waals surface area contributed by atoms with Crippen LogP contribution in [-0.4, -0.2) is 17.2 Å². The number of hydrogen-bond donors (Lipinski definition) is 3. The molecule has 2 aromatic rings. The van der Waals surface area contributed by atoms with Gasteiger partial charge < -0.3 is 15.7 Å². The molecule has 0 heterocycles. The van der Waals surface area contributed by atoms with Crippen molar-refractivity contribution in [3.05, 3.63) is 65.2 Å². The van der Waals surface area contributed by atoms with Crippen LogP contribution < -0.4 is 10.6 Å². The number of para-hydroxylation sites is 1. The predicted octanol–water partition coefficient (Wildman–Crippen LogP) is 3.03. The van der Waals surface area contributed by atoms with Gasteiger partial charge >= 0.3 is 6.03 Å². The number of hydrogen-bond acceptors (Lipinski definition) is 2. The van der Waals surface area contributed by atoms with Crippen molar-refractivity contribution in [2.24, 2.45) is 0 Å². The number of aliphatic hydroxyl groups is 1. The Hall–Kier alpha value is -2.33. The van der Waals surface area contributed by atoms with Gasteiger partial charge in [-0.15, -0.1) is 0 Å². The Morgan fingerprint density at radius 1 is 1.18 bits per heavy atom. The number of amides is 2. The van der Waals surface area contributed by atoms with Crippen molar-refractivity contribution in [3.8, 4) is 0 Å². The van der Waals surface area contributed by atoms with E-state index >= 15 is 0 Å². The van der Waals surface area contributed by atoms with E-state index in [0.717, 1.165) is 28.8 Å². The highest BCUT2D eigenvalue weighted by molar-refractivity contribution is 5.90. The van der Waals surface area contributed by atoms with E-state index in [0.29, 0.717) is 6.42 Å². The molecule has 0 unspecified atom stereocenters. The quantitative estimate of drug-likeness (QED) is 0.815. The van der Waals surface area contributed by atoms with E-state index < -0.39 is 6.10 Å². The monoisotopic (exact) mass is 296 g/mol. The van der Waals surface area contributed by atoms with Gasteiger partial charge in [-0.25, -0.2) is 4.79 Å². The van der Waals surface area contributed by atoms with E-state index in [1.165, 1.54) is 0 Å². The molecule has 0 bridgehead atoms. The van der Waals surface area contributed by atoms with Gasteiger partial charge in [-0.1, -0.05) is 49.4 Å². The van der Waals surface area contributed by atoms with Gasteiger partial charge in [-0.3, -0.25) is 0 Å². The number of aliphatic hydroxyl groups excluding tert-OH is 1. The standard InChI is InChI=1S/C18H20N2O2/c1-2-12-7-4-6-10-15(12)19-18(22)20-17-14-9-5-3-8-13(14)11-16(17)21/h3-10,16-17,21H,2,11H2,1H3,(H2,19,20,22)/t16-,17+/m1/s1. The third-order valence-corrected chi connectivity index (χ3v) is 4.14. The van der Waals surface area contributed by atoms with Crippen LogP contribution in [0, 0.1) is 0 Å². The van der Waals surface area contributed by atoms with Crippen LogP contribution in [0.1, 0.15) is 29.7 Å². The molecule has 4 nitrogen and oxygen atoms in total. The second kappa shape index (κ2) is 6.20. The number of benzene rings is 2. The molecule has 0 aromatic heterocycles. The molecular weight excluding hydrogens is 276 g/mol. The van der Waals surface area contributed by atoms with Gasteiger partial charge in [-0.2, -0.15) is 0 Å². The lowest BCUT2D eigenvalue weighted by Crippen LogP contribution is -2.37. The highest BCUT2D eigenvalue weighted by atomic mass is 16.3. The average Bonchev–Trinajstić information content (AvgIpc) is 2.84. The molecule has 0 aliphatic heterocycles. The van der Waals surface area contributed by atoms with Gasteiger partial charge in [0.15, 0.2) is 0 Å². The fraction of sp³-hybridized carbons (Fsp3) is 0.278. The number of aryl methyl sites for hydroxylation is 1. The Labute approximate surface area is 130 Å². The summed E-state index contributed by atoms with van der Waals surface area (Å²) in [6.45, 7) is 2.05. The van der Waals surface area contributed by atoms with Crippen LogP contribution in [0.2, 0.25) is 0 Å². The molecule has 4 heteroatoms. The Morgan fingerprint density at radius 2 is 1.91 bits per heavy atom. The summed E-state index contributed by atoms with van der Waals surface area (Å²) in [6, 6.07) is 14.9. The van der Waals surface area contributed by atoms with Crippen LogP contribution in [0.25, 0.3) is 0 Å². The van der Waals surface area contributed by atoms with Gasteiger partial charge in [0.05, 0.1) is 12.1 Å². The lowest BCUT2D eigenvalue weighted by Gasteiger charge is -2.19. The Bertz CT molecular complexity index is 684. The number of rotatable bonds is 3. The first-order valence-corrected chi connectivity index (χ1v) is 7.60. The molecule has 22 heavy (non-hydrogen) atoms. The van der Waals surface area contributed by atoms with Crippen LogP contribution >= 0.6 is 0 Å². The molecule has 0 radical (unpaired) electrons. The van der Waals surface area contributed by atoms with Gasteiger partial charge in [0.1, 0.15) is 0 Å². The van der Waals surface area contributed by atoms with E-state index in [1.807, 2.05) is 48.5 Å². The van der Waals surface area contributed by atoms with Gasteiger partial charge in [-0.05, 0) is 29.2 Å². The van der Waals surface area contributed by atoms with E-state index in [-0.39, 0.29) is 12.1 Å². The zero-order chi connectivity index (χ0) is 15.5.